The molecule has 1 aliphatic rings. The largest absolute Gasteiger partial charge is 0.486 e. The summed E-state index contributed by atoms with van der Waals surface area (Å²) < 4.78 is 18.0. The third-order valence-electron chi connectivity index (χ3n) is 4.36. The molecule has 0 unspecified atom stereocenters. The lowest BCUT2D eigenvalue weighted by Crippen LogP contribution is -2.31. The van der Waals surface area contributed by atoms with Crippen LogP contribution in [-0.4, -0.2) is 23.4 Å². The molecule has 1 atom stereocenters. The molecule has 2 aromatic heterocycles. The smallest absolute Gasteiger partial charge is 0.345 e. The number of nitrogens with zero attached hydrogens (tertiary/aromatic N) is 1. The molecule has 0 radical (unpaired) electrons. The molecule has 7 heteroatoms. The number of hydrogen-bond donors (Lipinski definition) is 0. The average molecular weight is 409 g/mol. The van der Waals surface area contributed by atoms with Crippen LogP contribution in [0.4, 0.5) is 0 Å². The highest BCUT2D eigenvalue weighted by atomic mass is 32.2. The maximum atomic E-state index is 12.3. The highest BCUT2D eigenvalue weighted by Crippen LogP contribution is 2.34. The van der Waals surface area contributed by atoms with Crippen molar-refractivity contribution in [1.29, 1.82) is 0 Å². The van der Waals surface area contributed by atoms with Crippen LogP contribution in [0.1, 0.15) is 0 Å². The highest BCUT2D eigenvalue weighted by molar-refractivity contribution is 8.01. The van der Waals surface area contributed by atoms with E-state index in [4.69, 9.17) is 13.9 Å². The zero-order chi connectivity index (χ0) is 18.9. The van der Waals surface area contributed by atoms with Gasteiger partial charge < -0.3 is 13.9 Å². The number of rotatable bonds is 4. The number of benzene rings is 2. The molecule has 5 nitrogen and oxygen atoms in total. The standard InChI is InChI=1S/C21H15NO4S2/c23-20-15(9-13-5-1-2-6-17(13)26-20)16-12-28-21(22-16)27-11-14-10-24-18-7-3-4-8-19(18)25-14/h1-9,12,14H,10-11H2/t14-/m1/s1. The summed E-state index contributed by atoms with van der Waals surface area (Å²) in [5.74, 6) is 2.27. The third-order valence-corrected chi connectivity index (χ3v) is 6.51. The number of aromatic nitrogens is 1. The first-order valence-electron chi connectivity index (χ1n) is 8.76. The topological polar surface area (TPSA) is 61.6 Å². The van der Waals surface area contributed by atoms with Crippen LogP contribution in [0.5, 0.6) is 11.5 Å². The molecule has 5 rings (SSSR count). The molecule has 0 saturated heterocycles. The van der Waals surface area contributed by atoms with Gasteiger partial charge in [0.1, 0.15) is 18.3 Å². The van der Waals surface area contributed by atoms with Gasteiger partial charge in [-0.2, -0.15) is 0 Å². The van der Waals surface area contributed by atoms with Crippen molar-refractivity contribution in [2.75, 3.05) is 12.4 Å². The fourth-order valence-corrected chi connectivity index (χ4v) is 4.82. The van der Waals surface area contributed by atoms with Gasteiger partial charge >= 0.3 is 5.63 Å². The predicted molar refractivity (Wildman–Crippen MR) is 111 cm³/mol. The summed E-state index contributed by atoms with van der Waals surface area (Å²) in [7, 11) is 0. The zero-order valence-electron chi connectivity index (χ0n) is 14.7. The van der Waals surface area contributed by atoms with Crippen molar-refractivity contribution in [3.63, 3.8) is 0 Å². The van der Waals surface area contributed by atoms with Gasteiger partial charge in [-0.1, -0.05) is 42.1 Å². The minimum atomic E-state index is -0.374. The number of fused-ring (bicyclic) bond motifs is 2. The molecule has 0 N–H and O–H groups in total. The molecule has 28 heavy (non-hydrogen) atoms. The van der Waals surface area contributed by atoms with E-state index in [1.807, 2.05) is 53.9 Å². The number of hydrogen-bond acceptors (Lipinski definition) is 7. The number of thioether (sulfide) groups is 1. The van der Waals surface area contributed by atoms with E-state index in [1.165, 1.54) is 11.3 Å². The van der Waals surface area contributed by atoms with E-state index in [2.05, 4.69) is 4.98 Å². The molecule has 0 bridgehead atoms. The van der Waals surface area contributed by atoms with Gasteiger partial charge in [-0.15, -0.1) is 11.3 Å². The van der Waals surface area contributed by atoms with Crippen molar-refractivity contribution in [2.45, 2.75) is 10.4 Å². The number of thiazole rings is 1. The summed E-state index contributed by atoms with van der Waals surface area (Å²) in [4.78, 5) is 16.9. The lowest BCUT2D eigenvalue weighted by molar-refractivity contribution is 0.107. The SMILES string of the molecule is O=c1oc2ccccc2cc1-c1csc(SC[C@H]2COc3ccccc3O2)n1. The van der Waals surface area contributed by atoms with Crippen molar-refractivity contribution < 1.29 is 13.9 Å². The quantitative estimate of drug-likeness (QED) is 0.355. The Bertz CT molecular complexity index is 1200. The fourth-order valence-electron chi connectivity index (χ4n) is 3.00. The van der Waals surface area contributed by atoms with Gasteiger partial charge in [-0.05, 0) is 24.3 Å². The van der Waals surface area contributed by atoms with Crippen molar-refractivity contribution in [2.24, 2.45) is 0 Å². The summed E-state index contributed by atoms with van der Waals surface area (Å²) in [6.45, 7) is 0.510. The third kappa shape index (κ3) is 3.39. The Labute approximate surface area is 168 Å². The van der Waals surface area contributed by atoms with Crippen molar-refractivity contribution >= 4 is 34.1 Å². The molecule has 0 amide bonds. The number of ether oxygens (including phenoxy) is 2. The van der Waals surface area contributed by atoms with E-state index in [0.717, 1.165) is 21.2 Å². The lowest BCUT2D eigenvalue weighted by atomic mass is 10.1. The molecule has 0 fully saturated rings. The van der Waals surface area contributed by atoms with Crippen LogP contribution in [0, 0.1) is 0 Å². The molecule has 0 aliphatic carbocycles. The molecule has 2 aromatic carbocycles. The maximum absolute atomic E-state index is 12.3. The Kier molecular flexibility index (Phi) is 4.54. The second kappa shape index (κ2) is 7.33. The van der Waals surface area contributed by atoms with Crippen LogP contribution >= 0.6 is 23.1 Å². The first-order chi connectivity index (χ1) is 13.8. The lowest BCUT2D eigenvalue weighted by Gasteiger charge is -2.25. The van der Waals surface area contributed by atoms with Gasteiger partial charge in [0.25, 0.3) is 0 Å². The Balaban J connectivity index is 1.31. The van der Waals surface area contributed by atoms with E-state index >= 15 is 0 Å². The molecular weight excluding hydrogens is 394 g/mol. The van der Waals surface area contributed by atoms with Crippen LogP contribution in [0.3, 0.4) is 0 Å². The first-order valence-corrected chi connectivity index (χ1v) is 10.6. The second-order valence-electron chi connectivity index (χ2n) is 6.29. The van der Waals surface area contributed by atoms with Gasteiger partial charge in [0.2, 0.25) is 0 Å². The summed E-state index contributed by atoms with van der Waals surface area (Å²) in [6, 6.07) is 17.0. The summed E-state index contributed by atoms with van der Waals surface area (Å²) >= 11 is 3.10. The van der Waals surface area contributed by atoms with Crippen LogP contribution in [0.25, 0.3) is 22.2 Å². The maximum Gasteiger partial charge on any atom is 0.345 e. The van der Waals surface area contributed by atoms with Crippen LogP contribution < -0.4 is 15.1 Å². The van der Waals surface area contributed by atoms with Crippen LogP contribution in [0.15, 0.2) is 73.5 Å². The first kappa shape index (κ1) is 17.3. The fraction of sp³-hybridized carbons (Fsp3) is 0.143. The summed E-state index contributed by atoms with van der Waals surface area (Å²) in [6.07, 6.45) is -0.0435. The molecule has 0 saturated carbocycles. The minimum absolute atomic E-state index is 0.0435. The van der Waals surface area contributed by atoms with Crippen molar-refractivity contribution in [1.82, 2.24) is 4.98 Å². The predicted octanol–water partition coefficient (Wildman–Crippen LogP) is 4.85. The molecule has 4 aromatic rings. The van der Waals surface area contributed by atoms with Crippen molar-refractivity contribution in [3.8, 4) is 22.8 Å². The Morgan fingerprint density at radius 1 is 1.11 bits per heavy atom. The van der Waals surface area contributed by atoms with Gasteiger partial charge in [0.15, 0.2) is 15.8 Å². The molecule has 1 aliphatic heterocycles. The van der Waals surface area contributed by atoms with Crippen LogP contribution in [0.2, 0.25) is 0 Å². The molecule has 140 valence electrons. The van der Waals surface area contributed by atoms with Gasteiger partial charge in [-0.3, -0.25) is 0 Å². The average Bonchev–Trinajstić information content (AvgIpc) is 3.20. The molecular formula is C21H15NO4S2. The van der Waals surface area contributed by atoms with E-state index in [0.29, 0.717) is 29.2 Å². The van der Waals surface area contributed by atoms with Crippen LogP contribution in [-0.2, 0) is 0 Å². The van der Waals surface area contributed by atoms with Gasteiger partial charge in [-0.25, -0.2) is 9.78 Å². The monoisotopic (exact) mass is 409 g/mol. The summed E-state index contributed by atoms with van der Waals surface area (Å²) in [5.41, 5.74) is 1.32. The van der Waals surface area contributed by atoms with Gasteiger partial charge in [0, 0.05) is 16.5 Å². The zero-order valence-corrected chi connectivity index (χ0v) is 16.3. The Morgan fingerprint density at radius 2 is 1.93 bits per heavy atom. The minimum Gasteiger partial charge on any atom is -0.486 e. The molecule has 3 heterocycles. The van der Waals surface area contributed by atoms with E-state index in [9.17, 15) is 4.79 Å². The van der Waals surface area contributed by atoms with E-state index in [-0.39, 0.29) is 11.7 Å². The summed E-state index contributed by atoms with van der Waals surface area (Å²) in [5, 5.41) is 2.77. The second-order valence-corrected chi connectivity index (χ2v) is 8.42. The van der Waals surface area contributed by atoms with Crippen molar-refractivity contribution in [3.05, 3.63) is 70.4 Å². The normalized spacial score (nSPS) is 15.6. The van der Waals surface area contributed by atoms with Gasteiger partial charge in [0.05, 0.1) is 11.3 Å². The Morgan fingerprint density at radius 3 is 2.86 bits per heavy atom. The highest BCUT2D eigenvalue weighted by Gasteiger charge is 2.21. The number of para-hydroxylation sites is 3. The van der Waals surface area contributed by atoms with E-state index in [1.54, 1.807) is 17.8 Å². The Hall–Kier alpha value is -2.77. The van der Waals surface area contributed by atoms with E-state index < -0.39 is 0 Å². The molecule has 0 spiro atoms.